The van der Waals surface area contributed by atoms with Gasteiger partial charge in [0.25, 0.3) is 5.91 Å². The average molecular weight is 380 g/mol. The Morgan fingerprint density at radius 2 is 1.93 bits per heavy atom. The minimum Gasteiger partial charge on any atom is -0.497 e. The fraction of sp³-hybridized carbons (Fsp3) is 0.238. The molecule has 0 bridgehead atoms. The first-order valence-electron chi connectivity index (χ1n) is 8.87. The largest absolute Gasteiger partial charge is 0.497 e. The maximum atomic E-state index is 12.8. The second kappa shape index (κ2) is 7.64. The number of aryl methyl sites for hydroxylation is 1. The van der Waals surface area contributed by atoms with Crippen LogP contribution in [0.4, 0.5) is 10.5 Å². The minimum atomic E-state index is -1.23. The summed E-state index contributed by atoms with van der Waals surface area (Å²) in [6, 6.07) is 12.2. The van der Waals surface area contributed by atoms with Gasteiger partial charge in [0.05, 0.1) is 13.7 Å². The number of urea groups is 1. The molecule has 0 aliphatic carbocycles. The molecule has 0 radical (unpaired) electrons. The van der Waals surface area contributed by atoms with E-state index >= 15 is 0 Å². The van der Waals surface area contributed by atoms with Crippen molar-refractivity contribution in [2.45, 2.75) is 19.0 Å². The third-order valence-electron chi connectivity index (χ3n) is 4.97. The molecule has 146 valence electrons. The number of nitrogen functional groups attached to an aromatic ring is 1. The highest BCUT2D eigenvalue weighted by Crippen LogP contribution is 2.28. The van der Waals surface area contributed by atoms with Crippen LogP contribution in [0.1, 0.15) is 16.7 Å². The van der Waals surface area contributed by atoms with Crippen LogP contribution >= 0.6 is 0 Å². The predicted octanol–water partition coefficient (Wildman–Crippen LogP) is 2.27. The normalized spacial score (nSPS) is 18.4. The highest BCUT2D eigenvalue weighted by Gasteiger charge is 2.48. The van der Waals surface area contributed by atoms with Crippen molar-refractivity contribution in [2.24, 2.45) is 0 Å². The van der Waals surface area contributed by atoms with Gasteiger partial charge in [-0.1, -0.05) is 24.8 Å². The molecule has 1 saturated heterocycles. The number of hydrogen-bond acceptors (Lipinski definition) is 5. The SMILES string of the molecule is C=CN(Cc1cc(OC)ccc1C)CC1(c2ccc(N)cc2)NC(=O)NC1=O. The van der Waals surface area contributed by atoms with Gasteiger partial charge in [0.2, 0.25) is 0 Å². The molecule has 7 nitrogen and oxygen atoms in total. The molecule has 3 rings (SSSR count). The van der Waals surface area contributed by atoms with E-state index in [0.717, 1.165) is 16.9 Å². The summed E-state index contributed by atoms with van der Waals surface area (Å²) in [5, 5.41) is 5.13. The number of ether oxygens (including phenoxy) is 1. The number of benzene rings is 2. The Labute approximate surface area is 164 Å². The van der Waals surface area contributed by atoms with Crippen LogP contribution in [0.3, 0.4) is 0 Å². The number of nitrogens with zero attached hydrogens (tertiary/aromatic N) is 1. The Kier molecular flexibility index (Phi) is 5.26. The first-order chi connectivity index (χ1) is 13.4. The Balaban J connectivity index is 1.93. The van der Waals surface area contributed by atoms with Gasteiger partial charge in [-0.25, -0.2) is 4.79 Å². The predicted molar refractivity (Wildman–Crippen MR) is 108 cm³/mol. The summed E-state index contributed by atoms with van der Waals surface area (Å²) in [7, 11) is 1.62. The summed E-state index contributed by atoms with van der Waals surface area (Å²) >= 11 is 0. The second-order valence-corrected chi connectivity index (χ2v) is 6.82. The fourth-order valence-corrected chi connectivity index (χ4v) is 3.32. The summed E-state index contributed by atoms with van der Waals surface area (Å²) in [6.07, 6.45) is 1.66. The lowest BCUT2D eigenvalue weighted by atomic mass is 9.89. The Morgan fingerprint density at radius 3 is 2.50 bits per heavy atom. The van der Waals surface area contributed by atoms with Crippen molar-refractivity contribution in [1.29, 1.82) is 0 Å². The second-order valence-electron chi connectivity index (χ2n) is 6.82. The van der Waals surface area contributed by atoms with Gasteiger partial charge in [0, 0.05) is 12.2 Å². The van der Waals surface area contributed by atoms with Crippen LogP contribution in [0.5, 0.6) is 5.75 Å². The molecule has 3 amide bonds. The molecule has 2 aromatic carbocycles. The molecule has 1 aliphatic rings. The number of rotatable bonds is 7. The Bertz CT molecular complexity index is 910. The lowest BCUT2D eigenvalue weighted by Crippen LogP contribution is -2.51. The first-order valence-corrected chi connectivity index (χ1v) is 8.87. The number of imide groups is 1. The molecule has 1 heterocycles. The summed E-state index contributed by atoms with van der Waals surface area (Å²) in [6.45, 7) is 6.62. The van der Waals surface area contributed by atoms with Crippen molar-refractivity contribution in [3.8, 4) is 5.75 Å². The van der Waals surface area contributed by atoms with Crippen molar-refractivity contribution in [3.05, 3.63) is 71.9 Å². The zero-order chi connectivity index (χ0) is 20.3. The van der Waals surface area contributed by atoms with E-state index in [1.54, 1.807) is 37.6 Å². The van der Waals surface area contributed by atoms with E-state index in [1.807, 2.05) is 30.0 Å². The first kappa shape index (κ1) is 19.3. The molecule has 0 aromatic heterocycles. The molecule has 1 fully saturated rings. The number of hydrogen-bond donors (Lipinski definition) is 3. The van der Waals surface area contributed by atoms with E-state index < -0.39 is 17.5 Å². The van der Waals surface area contributed by atoms with Crippen LogP contribution in [-0.4, -0.2) is 30.5 Å². The number of nitrogens with one attached hydrogen (secondary N) is 2. The zero-order valence-corrected chi connectivity index (χ0v) is 16.0. The van der Waals surface area contributed by atoms with Gasteiger partial charge in [-0.2, -0.15) is 0 Å². The van der Waals surface area contributed by atoms with E-state index in [-0.39, 0.29) is 6.54 Å². The van der Waals surface area contributed by atoms with Gasteiger partial charge in [-0.15, -0.1) is 0 Å². The Hall–Kier alpha value is -3.48. The molecule has 1 aliphatic heterocycles. The Morgan fingerprint density at radius 1 is 1.21 bits per heavy atom. The minimum absolute atomic E-state index is 0.217. The van der Waals surface area contributed by atoms with Crippen molar-refractivity contribution in [3.63, 3.8) is 0 Å². The summed E-state index contributed by atoms with van der Waals surface area (Å²) < 4.78 is 5.31. The van der Waals surface area contributed by atoms with Crippen LogP contribution in [-0.2, 0) is 16.9 Å². The standard InChI is InChI=1S/C21H24N4O3/c1-4-25(12-15-11-18(28-3)10-5-14(15)2)13-21(19(26)23-20(27)24-21)16-6-8-17(22)9-7-16/h4-11H,1,12-13,22H2,2-3H3,(H2,23,24,26,27). The molecule has 1 atom stereocenters. The van der Waals surface area contributed by atoms with Crippen molar-refractivity contribution in [2.75, 3.05) is 19.4 Å². The maximum Gasteiger partial charge on any atom is 0.322 e. The van der Waals surface area contributed by atoms with Crippen molar-refractivity contribution >= 4 is 17.6 Å². The molecule has 7 heteroatoms. The smallest absolute Gasteiger partial charge is 0.322 e. The van der Waals surface area contributed by atoms with Gasteiger partial charge >= 0.3 is 6.03 Å². The molecule has 0 spiro atoms. The molecular formula is C21H24N4O3. The maximum absolute atomic E-state index is 12.8. The third kappa shape index (κ3) is 3.64. The molecule has 28 heavy (non-hydrogen) atoms. The number of methoxy groups -OCH3 is 1. The van der Waals surface area contributed by atoms with Gasteiger partial charge in [0.1, 0.15) is 5.75 Å². The number of carbonyl (C=O) groups excluding carboxylic acids is 2. The van der Waals surface area contributed by atoms with Gasteiger partial charge in [-0.05, 0) is 54.1 Å². The van der Waals surface area contributed by atoms with Crippen LogP contribution in [0, 0.1) is 6.92 Å². The van der Waals surface area contributed by atoms with Crippen LogP contribution in [0.15, 0.2) is 55.2 Å². The van der Waals surface area contributed by atoms with Crippen LogP contribution in [0.2, 0.25) is 0 Å². The summed E-state index contributed by atoms with van der Waals surface area (Å²) in [5.41, 5.74) is 7.91. The summed E-state index contributed by atoms with van der Waals surface area (Å²) in [5.74, 6) is 0.348. The third-order valence-corrected chi connectivity index (χ3v) is 4.97. The van der Waals surface area contributed by atoms with Crippen molar-refractivity contribution in [1.82, 2.24) is 15.5 Å². The average Bonchev–Trinajstić information content (AvgIpc) is 2.97. The fourth-order valence-electron chi connectivity index (χ4n) is 3.32. The van der Waals surface area contributed by atoms with E-state index in [4.69, 9.17) is 10.5 Å². The molecule has 1 unspecified atom stereocenters. The molecule has 4 N–H and O–H groups in total. The van der Waals surface area contributed by atoms with Crippen molar-refractivity contribution < 1.29 is 14.3 Å². The topological polar surface area (TPSA) is 96.7 Å². The number of anilines is 1. The van der Waals surface area contributed by atoms with Crippen LogP contribution in [0.25, 0.3) is 0 Å². The lowest BCUT2D eigenvalue weighted by molar-refractivity contribution is -0.124. The van der Waals surface area contributed by atoms with Gasteiger partial charge < -0.3 is 20.7 Å². The van der Waals surface area contributed by atoms with E-state index in [2.05, 4.69) is 17.2 Å². The number of amides is 3. The lowest BCUT2D eigenvalue weighted by Gasteiger charge is -2.33. The molecule has 2 aromatic rings. The molecular weight excluding hydrogens is 356 g/mol. The van der Waals surface area contributed by atoms with Crippen LogP contribution < -0.4 is 21.1 Å². The number of nitrogens with two attached hydrogens (primary N) is 1. The van der Waals surface area contributed by atoms with Gasteiger partial charge in [-0.3, -0.25) is 10.1 Å². The van der Waals surface area contributed by atoms with Gasteiger partial charge in [0.15, 0.2) is 5.54 Å². The van der Waals surface area contributed by atoms with E-state index in [1.165, 1.54) is 0 Å². The van der Waals surface area contributed by atoms with E-state index in [9.17, 15) is 9.59 Å². The monoisotopic (exact) mass is 380 g/mol. The highest BCUT2D eigenvalue weighted by atomic mass is 16.5. The van der Waals surface area contributed by atoms with E-state index in [0.29, 0.717) is 17.8 Å². The quantitative estimate of drug-likeness (QED) is 0.506. The zero-order valence-electron chi connectivity index (χ0n) is 16.0. The highest BCUT2D eigenvalue weighted by molar-refractivity contribution is 6.07. The summed E-state index contributed by atoms with van der Waals surface area (Å²) in [4.78, 5) is 26.6. The number of carbonyl (C=O) groups is 2. The molecule has 0 saturated carbocycles.